The third-order valence-corrected chi connectivity index (χ3v) is 6.48. The third kappa shape index (κ3) is 5.81. The van der Waals surface area contributed by atoms with Crippen molar-refractivity contribution in [3.05, 3.63) is 23.2 Å². The molecule has 1 aromatic carbocycles. The van der Waals surface area contributed by atoms with Gasteiger partial charge in [0.2, 0.25) is 10.0 Å². The first-order valence-corrected chi connectivity index (χ1v) is 11.1. The van der Waals surface area contributed by atoms with Crippen molar-refractivity contribution in [3.63, 3.8) is 0 Å². The second-order valence-electron chi connectivity index (χ2n) is 6.92. The number of hydrogen-bond acceptors (Lipinski definition) is 5. The Bertz CT molecular complexity index is 759. The van der Waals surface area contributed by atoms with Crippen molar-refractivity contribution >= 4 is 27.5 Å². The number of benzene rings is 1. The molecule has 1 saturated carbocycles. The van der Waals surface area contributed by atoms with Crippen molar-refractivity contribution in [1.82, 2.24) is 10.0 Å². The highest BCUT2D eigenvalue weighted by Crippen LogP contribution is 2.27. The summed E-state index contributed by atoms with van der Waals surface area (Å²) in [4.78, 5) is 12.0. The molecular formula is C18H25ClN2O5S. The zero-order valence-corrected chi connectivity index (χ0v) is 16.7. The molecule has 1 aromatic rings. The van der Waals surface area contributed by atoms with Gasteiger partial charge in [0.1, 0.15) is 10.6 Å². The number of sulfonamides is 1. The quantitative estimate of drug-likeness (QED) is 0.677. The van der Waals surface area contributed by atoms with E-state index in [4.69, 9.17) is 21.1 Å². The van der Waals surface area contributed by atoms with Gasteiger partial charge >= 0.3 is 0 Å². The first kappa shape index (κ1) is 20.4. The van der Waals surface area contributed by atoms with E-state index >= 15 is 0 Å². The molecule has 0 aromatic heterocycles. The number of nitrogens with one attached hydrogen (secondary N) is 2. The molecule has 0 bridgehead atoms. The molecule has 9 heteroatoms. The molecule has 2 N–H and O–H groups in total. The Kier molecular flexibility index (Phi) is 6.97. The molecule has 1 atom stereocenters. The number of hydrogen-bond donors (Lipinski definition) is 2. The van der Waals surface area contributed by atoms with E-state index in [0.717, 1.165) is 38.5 Å². The van der Waals surface area contributed by atoms with E-state index in [1.165, 1.54) is 18.2 Å². The number of ether oxygens (including phenoxy) is 2. The fourth-order valence-corrected chi connectivity index (χ4v) is 4.85. The minimum absolute atomic E-state index is 0.0818. The summed E-state index contributed by atoms with van der Waals surface area (Å²) >= 11 is 5.97. The van der Waals surface area contributed by atoms with E-state index in [9.17, 15) is 13.2 Å². The normalized spacial score (nSPS) is 20.7. The number of carbonyl (C=O) groups is 1. The van der Waals surface area contributed by atoms with Gasteiger partial charge in [0, 0.05) is 24.2 Å². The number of rotatable bonds is 8. The average Bonchev–Trinajstić information content (AvgIpc) is 3.33. The summed E-state index contributed by atoms with van der Waals surface area (Å²) < 4.78 is 38.8. The van der Waals surface area contributed by atoms with Gasteiger partial charge in [-0.15, -0.1) is 0 Å². The molecule has 7 nitrogen and oxygen atoms in total. The van der Waals surface area contributed by atoms with E-state index in [2.05, 4.69) is 10.0 Å². The summed E-state index contributed by atoms with van der Waals surface area (Å²) in [6, 6.07) is 4.50. The zero-order valence-electron chi connectivity index (χ0n) is 15.1. The molecule has 0 spiro atoms. The molecule has 150 valence electrons. The monoisotopic (exact) mass is 416 g/mol. The van der Waals surface area contributed by atoms with Crippen LogP contribution in [0.5, 0.6) is 5.75 Å². The third-order valence-electron chi connectivity index (χ3n) is 4.80. The van der Waals surface area contributed by atoms with Gasteiger partial charge in [0.15, 0.2) is 6.61 Å². The van der Waals surface area contributed by atoms with Crippen LogP contribution >= 0.6 is 11.6 Å². The fraction of sp³-hybridized carbons (Fsp3) is 0.611. The average molecular weight is 417 g/mol. The van der Waals surface area contributed by atoms with E-state index in [-0.39, 0.29) is 46.9 Å². The Labute approximate surface area is 164 Å². The Morgan fingerprint density at radius 1 is 1.22 bits per heavy atom. The fourth-order valence-electron chi connectivity index (χ4n) is 3.38. The van der Waals surface area contributed by atoms with Gasteiger partial charge in [-0.25, -0.2) is 13.1 Å². The van der Waals surface area contributed by atoms with Crippen LogP contribution in [0.15, 0.2) is 23.1 Å². The van der Waals surface area contributed by atoms with Crippen LogP contribution < -0.4 is 14.8 Å². The standard InChI is InChI=1S/C18H25ClN2O5S/c19-13-7-8-16(26-12-18(22)21-14-4-1-2-5-14)17(10-13)27(23,24)20-11-15-6-3-9-25-15/h7-8,10,14-15,20H,1-6,9,11-12H2,(H,21,22)/t15-/m1/s1. The molecule has 2 fully saturated rings. The van der Waals surface area contributed by atoms with Crippen molar-refractivity contribution < 1.29 is 22.7 Å². The summed E-state index contributed by atoms with van der Waals surface area (Å²) in [5, 5.41) is 3.18. The second kappa shape index (κ2) is 9.23. The van der Waals surface area contributed by atoms with Crippen LogP contribution in [0.3, 0.4) is 0 Å². The van der Waals surface area contributed by atoms with Gasteiger partial charge in [-0.05, 0) is 43.9 Å². The summed E-state index contributed by atoms with van der Waals surface area (Å²) in [5.41, 5.74) is 0. The molecule has 3 rings (SSSR count). The molecule has 1 aliphatic heterocycles. The van der Waals surface area contributed by atoms with Crippen molar-refractivity contribution in [2.75, 3.05) is 19.8 Å². The minimum atomic E-state index is -3.84. The molecule has 1 saturated heterocycles. The maximum Gasteiger partial charge on any atom is 0.258 e. The SMILES string of the molecule is O=C(COc1ccc(Cl)cc1S(=O)(=O)NC[C@H]1CCCO1)NC1CCCC1. The zero-order chi connectivity index (χ0) is 19.3. The smallest absolute Gasteiger partial charge is 0.258 e. The molecule has 1 aliphatic carbocycles. The highest BCUT2D eigenvalue weighted by atomic mass is 35.5. The minimum Gasteiger partial charge on any atom is -0.482 e. The van der Waals surface area contributed by atoms with Crippen molar-refractivity contribution in [2.45, 2.75) is 55.6 Å². The van der Waals surface area contributed by atoms with E-state index in [1.807, 2.05) is 0 Å². The topological polar surface area (TPSA) is 93.7 Å². The molecule has 1 amide bonds. The second-order valence-corrected chi connectivity index (χ2v) is 9.09. The van der Waals surface area contributed by atoms with Gasteiger partial charge < -0.3 is 14.8 Å². The number of carbonyl (C=O) groups excluding carboxylic acids is 1. The lowest BCUT2D eigenvalue weighted by Gasteiger charge is -2.16. The van der Waals surface area contributed by atoms with Crippen molar-refractivity contribution in [3.8, 4) is 5.75 Å². The lowest BCUT2D eigenvalue weighted by Crippen LogP contribution is -2.36. The summed E-state index contributed by atoms with van der Waals surface area (Å²) in [6.07, 6.45) is 5.79. The van der Waals surface area contributed by atoms with E-state index < -0.39 is 10.0 Å². The molecule has 1 heterocycles. The van der Waals surface area contributed by atoms with Crippen LogP contribution in [0.1, 0.15) is 38.5 Å². The molecular weight excluding hydrogens is 392 g/mol. The Morgan fingerprint density at radius 2 is 2.00 bits per heavy atom. The van der Waals surface area contributed by atoms with E-state index in [1.54, 1.807) is 0 Å². The van der Waals surface area contributed by atoms with Gasteiger partial charge in [-0.1, -0.05) is 24.4 Å². The molecule has 0 unspecified atom stereocenters. The van der Waals surface area contributed by atoms with E-state index in [0.29, 0.717) is 6.61 Å². The molecule has 0 radical (unpaired) electrons. The first-order valence-electron chi connectivity index (χ1n) is 9.27. The Morgan fingerprint density at radius 3 is 2.70 bits per heavy atom. The van der Waals surface area contributed by atoms with Gasteiger partial charge in [0.05, 0.1) is 6.10 Å². The van der Waals surface area contributed by atoms with Crippen LogP contribution in [0.25, 0.3) is 0 Å². The summed E-state index contributed by atoms with van der Waals surface area (Å²) in [6.45, 7) is 0.594. The predicted molar refractivity (Wildman–Crippen MR) is 102 cm³/mol. The largest absolute Gasteiger partial charge is 0.482 e. The van der Waals surface area contributed by atoms with Crippen LogP contribution in [-0.4, -0.2) is 46.2 Å². The van der Waals surface area contributed by atoms with Crippen LogP contribution in [0.4, 0.5) is 0 Å². The van der Waals surface area contributed by atoms with Gasteiger partial charge in [-0.3, -0.25) is 4.79 Å². The molecule has 27 heavy (non-hydrogen) atoms. The van der Waals surface area contributed by atoms with Crippen LogP contribution in [0, 0.1) is 0 Å². The first-order chi connectivity index (χ1) is 12.9. The lowest BCUT2D eigenvalue weighted by atomic mass is 10.2. The summed E-state index contributed by atoms with van der Waals surface area (Å²) in [7, 11) is -3.84. The molecule has 2 aliphatic rings. The Balaban J connectivity index is 1.63. The maximum absolute atomic E-state index is 12.7. The number of amides is 1. The maximum atomic E-state index is 12.7. The van der Waals surface area contributed by atoms with Gasteiger partial charge in [0.25, 0.3) is 5.91 Å². The van der Waals surface area contributed by atoms with Crippen molar-refractivity contribution in [2.24, 2.45) is 0 Å². The predicted octanol–water partition coefficient (Wildman–Crippen LogP) is 2.23. The number of halogens is 1. The summed E-state index contributed by atoms with van der Waals surface area (Å²) in [5.74, 6) is -0.159. The lowest BCUT2D eigenvalue weighted by molar-refractivity contribution is -0.123. The van der Waals surface area contributed by atoms with Crippen LogP contribution in [0.2, 0.25) is 5.02 Å². The Hall–Kier alpha value is -1.35. The van der Waals surface area contributed by atoms with Crippen LogP contribution in [-0.2, 0) is 19.6 Å². The highest BCUT2D eigenvalue weighted by Gasteiger charge is 2.24. The van der Waals surface area contributed by atoms with Crippen molar-refractivity contribution in [1.29, 1.82) is 0 Å². The highest BCUT2D eigenvalue weighted by molar-refractivity contribution is 7.89. The van der Waals surface area contributed by atoms with Gasteiger partial charge in [-0.2, -0.15) is 0 Å².